The molecule has 27 heavy (non-hydrogen) atoms. The number of imide groups is 1. The molecule has 0 saturated heterocycles. The van der Waals surface area contributed by atoms with Crippen LogP contribution in [0.5, 0.6) is 0 Å². The fourth-order valence-corrected chi connectivity index (χ4v) is 3.36. The number of urea groups is 1. The number of unbranched alkanes of at least 4 members (excludes halogenated alkanes) is 1. The van der Waals surface area contributed by atoms with Crippen molar-refractivity contribution in [2.75, 3.05) is 0 Å². The quantitative estimate of drug-likeness (QED) is 0.687. The van der Waals surface area contributed by atoms with E-state index in [-0.39, 0.29) is 16.8 Å². The van der Waals surface area contributed by atoms with Gasteiger partial charge < -0.3 is 10.1 Å². The molecule has 1 aromatic heterocycles. The molecule has 1 aromatic rings. The number of hydrogen-bond donors (Lipinski definition) is 2. The predicted molar refractivity (Wildman–Crippen MR) is 101 cm³/mol. The third kappa shape index (κ3) is 5.69. The van der Waals surface area contributed by atoms with Gasteiger partial charge in [0.15, 0.2) is 6.10 Å². The number of aryl methyl sites for hydroxylation is 2. The minimum Gasteiger partial charge on any atom is -0.449 e. The van der Waals surface area contributed by atoms with Crippen LogP contribution in [-0.2, 0) is 16.1 Å². The number of carbonyl (C=O) groups is 3. The molecule has 1 fully saturated rings. The number of amides is 3. The van der Waals surface area contributed by atoms with Crippen LogP contribution in [0.1, 0.15) is 68.4 Å². The Kier molecular flexibility index (Phi) is 7.65. The summed E-state index contributed by atoms with van der Waals surface area (Å²) in [4.78, 5) is 36.4. The Hall–Kier alpha value is -2.09. The minimum absolute atomic E-state index is 0.0890. The second kappa shape index (κ2) is 9.73. The van der Waals surface area contributed by atoms with Crippen molar-refractivity contribution in [2.45, 2.75) is 78.0 Å². The topological polar surface area (TPSA) is 102 Å². The number of esters is 1. The zero-order valence-electron chi connectivity index (χ0n) is 16.0. The van der Waals surface area contributed by atoms with Gasteiger partial charge in [0.05, 0.1) is 5.69 Å². The summed E-state index contributed by atoms with van der Waals surface area (Å²) >= 11 is 6.24. The molecule has 0 spiro atoms. The number of rotatable bonds is 7. The lowest BCUT2D eigenvalue weighted by atomic mass is 10.2. The molecular weight excluding hydrogens is 372 g/mol. The molecule has 0 unspecified atom stereocenters. The Labute approximate surface area is 164 Å². The Morgan fingerprint density at radius 2 is 2.00 bits per heavy atom. The largest absolute Gasteiger partial charge is 0.449 e. The lowest BCUT2D eigenvalue weighted by Gasteiger charge is -2.15. The van der Waals surface area contributed by atoms with E-state index in [1.165, 1.54) is 6.92 Å². The van der Waals surface area contributed by atoms with Crippen LogP contribution in [0, 0.1) is 6.92 Å². The number of nitrogens with zero attached hydrogens (tertiary/aromatic N) is 2. The average molecular weight is 399 g/mol. The maximum Gasteiger partial charge on any atom is 0.343 e. The van der Waals surface area contributed by atoms with Crippen LogP contribution in [0.4, 0.5) is 4.79 Å². The van der Waals surface area contributed by atoms with E-state index in [1.807, 2.05) is 6.92 Å². The van der Waals surface area contributed by atoms with Crippen LogP contribution < -0.4 is 10.6 Å². The fourth-order valence-electron chi connectivity index (χ4n) is 3.02. The Morgan fingerprint density at radius 1 is 1.33 bits per heavy atom. The molecule has 1 aliphatic carbocycles. The molecule has 0 bridgehead atoms. The number of nitrogens with one attached hydrogen (secondary N) is 2. The molecule has 150 valence electrons. The van der Waals surface area contributed by atoms with Crippen molar-refractivity contribution >= 4 is 29.5 Å². The van der Waals surface area contributed by atoms with Gasteiger partial charge in [-0.25, -0.2) is 9.59 Å². The van der Waals surface area contributed by atoms with Gasteiger partial charge in [0, 0.05) is 12.6 Å². The first-order chi connectivity index (χ1) is 12.8. The first kappa shape index (κ1) is 21.2. The number of aromatic nitrogens is 2. The Balaban J connectivity index is 1.91. The highest BCUT2D eigenvalue weighted by molar-refractivity contribution is 6.32. The summed E-state index contributed by atoms with van der Waals surface area (Å²) in [6.45, 7) is 5.70. The molecule has 2 N–H and O–H groups in total. The van der Waals surface area contributed by atoms with Crippen LogP contribution in [0.15, 0.2) is 0 Å². The zero-order chi connectivity index (χ0) is 20.0. The second-order valence-corrected chi connectivity index (χ2v) is 7.18. The monoisotopic (exact) mass is 398 g/mol. The predicted octanol–water partition coefficient (Wildman–Crippen LogP) is 2.96. The molecular formula is C18H27ClN4O4. The van der Waals surface area contributed by atoms with Gasteiger partial charge in [0.2, 0.25) is 0 Å². The van der Waals surface area contributed by atoms with Crippen molar-refractivity contribution < 1.29 is 19.1 Å². The fraction of sp³-hybridized carbons (Fsp3) is 0.667. The van der Waals surface area contributed by atoms with E-state index in [9.17, 15) is 14.4 Å². The maximum atomic E-state index is 12.4. The third-order valence-corrected chi connectivity index (χ3v) is 4.96. The van der Waals surface area contributed by atoms with Crippen LogP contribution in [0.3, 0.4) is 0 Å². The van der Waals surface area contributed by atoms with Gasteiger partial charge in [-0.1, -0.05) is 37.8 Å². The molecule has 2 rings (SSSR count). The highest BCUT2D eigenvalue weighted by atomic mass is 35.5. The summed E-state index contributed by atoms with van der Waals surface area (Å²) < 4.78 is 6.73. The van der Waals surface area contributed by atoms with Gasteiger partial charge in [-0.3, -0.25) is 14.8 Å². The van der Waals surface area contributed by atoms with E-state index in [0.29, 0.717) is 12.2 Å². The molecule has 1 aliphatic rings. The maximum absolute atomic E-state index is 12.4. The second-order valence-electron chi connectivity index (χ2n) is 6.82. The molecule has 8 nitrogen and oxygen atoms in total. The van der Waals surface area contributed by atoms with Gasteiger partial charge in [-0.05, 0) is 33.1 Å². The highest BCUT2D eigenvalue weighted by Gasteiger charge is 2.27. The standard InChI is InChI=1S/C18H27ClN4O4/c1-4-5-10-23-15(19)14(11(2)22-23)17(25)27-12(3)16(24)21-18(26)20-13-8-6-7-9-13/h12-13H,4-10H2,1-3H3,(H2,20,21,24,26)/t12-/m0/s1. The van der Waals surface area contributed by atoms with Gasteiger partial charge in [0.1, 0.15) is 10.7 Å². The molecule has 9 heteroatoms. The highest BCUT2D eigenvalue weighted by Crippen LogP contribution is 2.22. The molecule has 1 heterocycles. The van der Waals surface area contributed by atoms with Crippen LogP contribution in [0.2, 0.25) is 5.15 Å². The molecule has 3 amide bonds. The number of hydrogen-bond acceptors (Lipinski definition) is 5. The molecule has 0 aromatic carbocycles. The van der Waals surface area contributed by atoms with E-state index in [1.54, 1.807) is 11.6 Å². The van der Waals surface area contributed by atoms with Crippen molar-refractivity contribution in [1.29, 1.82) is 0 Å². The summed E-state index contributed by atoms with van der Waals surface area (Å²) in [6.07, 6.45) is 4.66. The summed E-state index contributed by atoms with van der Waals surface area (Å²) in [5.74, 6) is -1.43. The van der Waals surface area contributed by atoms with Crippen LogP contribution in [0.25, 0.3) is 0 Å². The molecule has 1 atom stereocenters. The summed E-state index contributed by atoms with van der Waals surface area (Å²) in [6, 6.07) is -0.484. The van der Waals surface area contributed by atoms with Gasteiger partial charge >= 0.3 is 12.0 Å². The minimum atomic E-state index is -1.14. The van der Waals surface area contributed by atoms with Gasteiger partial charge in [-0.2, -0.15) is 5.10 Å². The normalized spacial score (nSPS) is 15.4. The van der Waals surface area contributed by atoms with Gasteiger partial charge in [-0.15, -0.1) is 0 Å². The summed E-state index contributed by atoms with van der Waals surface area (Å²) in [7, 11) is 0. The van der Waals surface area contributed by atoms with E-state index < -0.39 is 24.0 Å². The van der Waals surface area contributed by atoms with Crippen LogP contribution >= 0.6 is 11.6 Å². The smallest absolute Gasteiger partial charge is 0.343 e. The van der Waals surface area contributed by atoms with Crippen molar-refractivity contribution in [2.24, 2.45) is 0 Å². The van der Waals surface area contributed by atoms with Crippen molar-refractivity contribution in [3.05, 3.63) is 16.4 Å². The third-order valence-electron chi connectivity index (χ3n) is 4.57. The van der Waals surface area contributed by atoms with Crippen LogP contribution in [-0.4, -0.2) is 39.8 Å². The van der Waals surface area contributed by atoms with E-state index in [2.05, 4.69) is 15.7 Å². The van der Waals surface area contributed by atoms with Crippen molar-refractivity contribution in [1.82, 2.24) is 20.4 Å². The summed E-state index contributed by atoms with van der Waals surface area (Å²) in [5.41, 5.74) is 0.579. The average Bonchev–Trinajstić information content (AvgIpc) is 3.20. The Morgan fingerprint density at radius 3 is 2.63 bits per heavy atom. The molecule has 0 aliphatic heterocycles. The van der Waals surface area contributed by atoms with E-state index in [4.69, 9.17) is 16.3 Å². The first-order valence-corrected chi connectivity index (χ1v) is 9.76. The number of carbonyl (C=O) groups excluding carboxylic acids is 3. The Bertz CT molecular complexity index is 698. The van der Waals surface area contributed by atoms with E-state index in [0.717, 1.165) is 38.5 Å². The van der Waals surface area contributed by atoms with Gasteiger partial charge in [0.25, 0.3) is 5.91 Å². The lowest BCUT2D eigenvalue weighted by Crippen LogP contribution is -2.47. The molecule has 0 radical (unpaired) electrons. The number of halogens is 1. The van der Waals surface area contributed by atoms with Crippen molar-refractivity contribution in [3.63, 3.8) is 0 Å². The first-order valence-electron chi connectivity index (χ1n) is 9.38. The molecule has 1 saturated carbocycles. The van der Waals surface area contributed by atoms with Crippen molar-refractivity contribution in [3.8, 4) is 0 Å². The SMILES string of the molecule is CCCCn1nc(C)c(C(=O)O[C@@H](C)C(=O)NC(=O)NC2CCCC2)c1Cl. The lowest BCUT2D eigenvalue weighted by molar-refractivity contribution is -0.127. The summed E-state index contributed by atoms with van der Waals surface area (Å²) in [5, 5.41) is 9.39. The zero-order valence-corrected chi connectivity index (χ0v) is 16.8. The number of ether oxygens (including phenoxy) is 1. The van der Waals surface area contributed by atoms with E-state index >= 15 is 0 Å².